The predicted molar refractivity (Wildman–Crippen MR) is 95.0 cm³/mol. The number of anilines is 2. The standard InChI is InChI=1S/C18H21N5/c1-12(2)11-20-16-10-14(8-9-15(16)19)18-17(21-23-22-18)13-6-4-3-5-7-13/h3-10,12,20H,11,19H2,1-2H3,(H,21,22,23). The third kappa shape index (κ3) is 3.34. The minimum Gasteiger partial charge on any atom is -0.397 e. The first kappa shape index (κ1) is 15.1. The fraction of sp³-hybridized carbons (Fsp3) is 0.222. The van der Waals surface area contributed by atoms with E-state index in [9.17, 15) is 0 Å². The summed E-state index contributed by atoms with van der Waals surface area (Å²) in [5, 5.41) is 14.6. The number of hydrogen-bond acceptors (Lipinski definition) is 4. The first-order valence-electron chi connectivity index (χ1n) is 7.75. The van der Waals surface area contributed by atoms with Crippen LogP contribution in [0.5, 0.6) is 0 Å². The van der Waals surface area contributed by atoms with Gasteiger partial charge >= 0.3 is 0 Å². The van der Waals surface area contributed by atoms with Crippen molar-refractivity contribution < 1.29 is 0 Å². The summed E-state index contributed by atoms with van der Waals surface area (Å²) >= 11 is 0. The Hall–Kier alpha value is -2.82. The predicted octanol–water partition coefficient (Wildman–Crippen LogP) is 3.79. The zero-order valence-electron chi connectivity index (χ0n) is 13.4. The van der Waals surface area contributed by atoms with E-state index in [0.29, 0.717) is 5.92 Å². The molecule has 0 atom stereocenters. The van der Waals surface area contributed by atoms with Crippen molar-refractivity contribution in [1.82, 2.24) is 15.4 Å². The molecule has 0 amide bonds. The third-order valence-corrected chi connectivity index (χ3v) is 3.64. The summed E-state index contributed by atoms with van der Waals surface area (Å²) in [4.78, 5) is 0. The van der Waals surface area contributed by atoms with E-state index in [-0.39, 0.29) is 0 Å². The van der Waals surface area contributed by atoms with Crippen LogP contribution in [0.25, 0.3) is 22.5 Å². The molecule has 0 unspecified atom stereocenters. The number of nitrogens with zero attached hydrogens (tertiary/aromatic N) is 2. The van der Waals surface area contributed by atoms with Crippen LogP contribution in [0, 0.1) is 5.92 Å². The van der Waals surface area contributed by atoms with Gasteiger partial charge in [0.25, 0.3) is 0 Å². The van der Waals surface area contributed by atoms with Gasteiger partial charge in [-0.1, -0.05) is 55.5 Å². The van der Waals surface area contributed by atoms with Crippen molar-refractivity contribution >= 4 is 11.4 Å². The lowest BCUT2D eigenvalue weighted by Crippen LogP contribution is -2.09. The van der Waals surface area contributed by atoms with Gasteiger partial charge in [0.2, 0.25) is 0 Å². The highest BCUT2D eigenvalue weighted by Crippen LogP contribution is 2.31. The average molecular weight is 307 g/mol. The van der Waals surface area contributed by atoms with Crippen LogP contribution in [0.15, 0.2) is 48.5 Å². The minimum atomic E-state index is 0.548. The second-order valence-corrected chi connectivity index (χ2v) is 5.98. The summed E-state index contributed by atoms with van der Waals surface area (Å²) in [6, 6.07) is 16.0. The average Bonchev–Trinajstić information content (AvgIpc) is 3.04. The molecular formula is C18H21N5. The summed E-state index contributed by atoms with van der Waals surface area (Å²) in [6.07, 6.45) is 0. The van der Waals surface area contributed by atoms with Crippen molar-refractivity contribution in [3.8, 4) is 22.5 Å². The van der Waals surface area contributed by atoms with Crippen molar-refractivity contribution in [3.05, 3.63) is 48.5 Å². The van der Waals surface area contributed by atoms with Gasteiger partial charge in [-0.25, -0.2) is 0 Å². The van der Waals surface area contributed by atoms with E-state index in [4.69, 9.17) is 5.73 Å². The zero-order chi connectivity index (χ0) is 16.2. The van der Waals surface area contributed by atoms with Crippen LogP contribution in [0.3, 0.4) is 0 Å². The van der Waals surface area contributed by atoms with E-state index >= 15 is 0 Å². The van der Waals surface area contributed by atoms with Crippen LogP contribution >= 0.6 is 0 Å². The largest absolute Gasteiger partial charge is 0.397 e. The molecule has 1 aromatic heterocycles. The van der Waals surface area contributed by atoms with Gasteiger partial charge in [0.1, 0.15) is 5.69 Å². The molecule has 0 spiro atoms. The number of aromatic nitrogens is 3. The Bertz CT molecular complexity index is 777. The Labute approximate surface area is 135 Å². The van der Waals surface area contributed by atoms with Gasteiger partial charge < -0.3 is 11.1 Å². The summed E-state index contributed by atoms with van der Waals surface area (Å²) < 4.78 is 0. The van der Waals surface area contributed by atoms with Crippen LogP contribution < -0.4 is 11.1 Å². The van der Waals surface area contributed by atoms with E-state index in [2.05, 4.69) is 34.6 Å². The maximum Gasteiger partial charge on any atom is 0.120 e. The molecular weight excluding hydrogens is 286 g/mol. The van der Waals surface area contributed by atoms with Crippen molar-refractivity contribution in [2.45, 2.75) is 13.8 Å². The normalized spacial score (nSPS) is 10.9. The molecule has 118 valence electrons. The first-order valence-corrected chi connectivity index (χ1v) is 7.75. The second-order valence-electron chi connectivity index (χ2n) is 5.98. The fourth-order valence-corrected chi connectivity index (χ4v) is 2.41. The van der Waals surface area contributed by atoms with E-state index in [1.54, 1.807) is 0 Å². The van der Waals surface area contributed by atoms with Crippen molar-refractivity contribution in [2.24, 2.45) is 5.92 Å². The summed E-state index contributed by atoms with van der Waals surface area (Å²) in [5.74, 6) is 0.548. The number of hydrogen-bond donors (Lipinski definition) is 3. The van der Waals surface area contributed by atoms with Crippen molar-refractivity contribution in [2.75, 3.05) is 17.6 Å². The molecule has 23 heavy (non-hydrogen) atoms. The first-order chi connectivity index (χ1) is 11.1. The Morgan fingerprint density at radius 2 is 1.87 bits per heavy atom. The molecule has 0 fully saturated rings. The lowest BCUT2D eigenvalue weighted by molar-refractivity contribution is 0.689. The lowest BCUT2D eigenvalue weighted by atomic mass is 10.0. The molecule has 5 nitrogen and oxygen atoms in total. The maximum atomic E-state index is 6.07. The molecule has 0 aliphatic rings. The molecule has 4 N–H and O–H groups in total. The van der Waals surface area contributed by atoms with Gasteiger partial charge in [0, 0.05) is 17.7 Å². The van der Waals surface area contributed by atoms with Gasteiger partial charge in [0.15, 0.2) is 0 Å². The van der Waals surface area contributed by atoms with E-state index < -0.39 is 0 Å². The summed E-state index contributed by atoms with van der Waals surface area (Å²) in [7, 11) is 0. The molecule has 3 aromatic rings. The molecule has 0 saturated heterocycles. The topological polar surface area (TPSA) is 79.6 Å². The highest BCUT2D eigenvalue weighted by Gasteiger charge is 2.13. The van der Waals surface area contributed by atoms with Crippen LogP contribution in [0.2, 0.25) is 0 Å². The van der Waals surface area contributed by atoms with Crippen LogP contribution in [-0.2, 0) is 0 Å². The zero-order valence-corrected chi connectivity index (χ0v) is 13.4. The van der Waals surface area contributed by atoms with E-state index in [1.807, 2.05) is 48.5 Å². The maximum absolute atomic E-state index is 6.07. The third-order valence-electron chi connectivity index (χ3n) is 3.64. The van der Waals surface area contributed by atoms with E-state index in [0.717, 1.165) is 40.4 Å². The lowest BCUT2D eigenvalue weighted by Gasteiger charge is -2.13. The van der Waals surface area contributed by atoms with Crippen molar-refractivity contribution in [1.29, 1.82) is 0 Å². The fourth-order valence-electron chi connectivity index (χ4n) is 2.41. The number of nitrogen functional groups attached to an aromatic ring is 1. The highest BCUT2D eigenvalue weighted by atomic mass is 15.3. The SMILES string of the molecule is CC(C)CNc1cc(-c2[nH]nnc2-c2ccccc2)ccc1N. The molecule has 2 aromatic carbocycles. The number of aromatic amines is 1. The molecule has 0 saturated carbocycles. The molecule has 3 rings (SSSR count). The molecule has 0 aliphatic heterocycles. The van der Waals surface area contributed by atoms with Gasteiger partial charge in [-0.3, -0.25) is 5.10 Å². The Morgan fingerprint density at radius 1 is 1.09 bits per heavy atom. The van der Waals surface area contributed by atoms with E-state index in [1.165, 1.54) is 0 Å². The molecule has 1 heterocycles. The highest BCUT2D eigenvalue weighted by molar-refractivity contribution is 5.81. The Morgan fingerprint density at radius 3 is 2.61 bits per heavy atom. The molecule has 0 bridgehead atoms. The number of nitrogens with one attached hydrogen (secondary N) is 2. The Balaban J connectivity index is 1.97. The molecule has 5 heteroatoms. The number of benzene rings is 2. The molecule has 0 radical (unpaired) electrons. The number of rotatable bonds is 5. The van der Waals surface area contributed by atoms with Gasteiger partial charge in [-0.05, 0) is 18.1 Å². The van der Waals surface area contributed by atoms with Crippen LogP contribution in [0.1, 0.15) is 13.8 Å². The quantitative estimate of drug-likeness (QED) is 0.627. The summed E-state index contributed by atoms with van der Waals surface area (Å²) in [6.45, 7) is 5.21. The monoisotopic (exact) mass is 307 g/mol. The van der Waals surface area contributed by atoms with Gasteiger partial charge in [-0.15, -0.1) is 5.10 Å². The molecule has 0 aliphatic carbocycles. The van der Waals surface area contributed by atoms with Crippen molar-refractivity contribution in [3.63, 3.8) is 0 Å². The smallest absolute Gasteiger partial charge is 0.120 e. The van der Waals surface area contributed by atoms with Crippen LogP contribution in [-0.4, -0.2) is 22.0 Å². The Kier molecular flexibility index (Phi) is 4.28. The number of H-pyrrole nitrogens is 1. The van der Waals surface area contributed by atoms with Gasteiger partial charge in [-0.2, -0.15) is 0 Å². The minimum absolute atomic E-state index is 0.548. The van der Waals surface area contributed by atoms with Gasteiger partial charge in [0.05, 0.1) is 17.1 Å². The van der Waals surface area contributed by atoms with Crippen LogP contribution in [0.4, 0.5) is 11.4 Å². The second kappa shape index (κ2) is 6.52. The number of nitrogens with two attached hydrogens (primary N) is 1. The summed E-state index contributed by atoms with van der Waals surface area (Å²) in [5.41, 5.74) is 11.5.